The van der Waals surface area contributed by atoms with Crippen molar-refractivity contribution < 1.29 is 19.4 Å². The number of aliphatic hydroxyl groups excluding tert-OH is 1. The summed E-state index contributed by atoms with van der Waals surface area (Å²) in [5.74, 6) is -0.850. The smallest absolute Gasteiger partial charge is 0.300 e. The van der Waals surface area contributed by atoms with Gasteiger partial charge in [0.25, 0.3) is 11.7 Å². The fourth-order valence-corrected chi connectivity index (χ4v) is 4.56. The topological polar surface area (TPSA) is 66.8 Å². The zero-order valence-electron chi connectivity index (χ0n) is 17.4. The number of anilines is 1. The van der Waals surface area contributed by atoms with E-state index in [9.17, 15) is 14.7 Å². The lowest BCUT2D eigenvalue weighted by molar-refractivity contribution is -0.132. The first-order chi connectivity index (χ1) is 15.0. The summed E-state index contributed by atoms with van der Waals surface area (Å²) in [7, 11) is 0. The molecular formula is C25H23NO4S. The summed E-state index contributed by atoms with van der Waals surface area (Å²) in [5.41, 5.74) is 2.33. The lowest BCUT2D eigenvalue weighted by Gasteiger charge is -2.24. The summed E-state index contributed by atoms with van der Waals surface area (Å²) in [6, 6.07) is 17.5. The number of thiophene rings is 1. The van der Waals surface area contributed by atoms with Gasteiger partial charge in [0.2, 0.25) is 0 Å². The molecule has 2 heterocycles. The van der Waals surface area contributed by atoms with E-state index in [1.54, 1.807) is 24.3 Å². The number of ether oxygens (including phenoxy) is 1. The van der Waals surface area contributed by atoms with Crippen LogP contribution in [0.3, 0.4) is 0 Å². The number of rotatable bonds is 6. The highest BCUT2D eigenvalue weighted by atomic mass is 32.1. The van der Waals surface area contributed by atoms with Gasteiger partial charge in [0, 0.05) is 16.1 Å². The first-order valence-electron chi connectivity index (χ1n) is 10.2. The molecule has 0 saturated carbocycles. The second-order valence-electron chi connectivity index (χ2n) is 7.16. The number of Topliss-reactive ketones (excluding diaryl/α,β-unsaturated/α-hetero) is 1. The monoisotopic (exact) mass is 433 g/mol. The first-order valence-corrected chi connectivity index (χ1v) is 11.1. The van der Waals surface area contributed by atoms with Crippen molar-refractivity contribution in [2.24, 2.45) is 0 Å². The fraction of sp³-hybridized carbons (Fsp3) is 0.200. The summed E-state index contributed by atoms with van der Waals surface area (Å²) in [5, 5.41) is 13.0. The quantitative estimate of drug-likeness (QED) is 0.324. The number of aryl methyl sites for hydroxylation is 1. The largest absolute Gasteiger partial charge is 0.507 e. The molecule has 0 spiro atoms. The van der Waals surface area contributed by atoms with Crippen molar-refractivity contribution in [3.63, 3.8) is 0 Å². The van der Waals surface area contributed by atoms with Gasteiger partial charge in [0.05, 0.1) is 12.2 Å². The maximum atomic E-state index is 13.1. The molecule has 1 fully saturated rings. The third-order valence-electron chi connectivity index (χ3n) is 5.32. The molecule has 1 aliphatic rings. The van der Waals surface area contributed by atoms with Crippen LogP contribution in [0.15, 0.2) is 71.6 Å². The number of hydrogen-bond acceptors (Lipinski definition) is 5. The van der Waals surface area contributed by atoms with Crippen molar-refractivity contribution in [1.82, 2.24) is 0 Å². The molecule has 1 atom stereocenters. The van der Waals surface area contributed by atoms with Crippen LogP contribution in [0.25, 0.3) is 5.76 Å². The maximum absolute atomic E-state index is 13.1. The number of carbonyl (C=O) groups excluding carboxylic acids is 2. The second-order valence-corrected chi connectivity index (χ2v) is 8.14. The summed E-state index contributed by atoms with van der Waals surface area (Å²) in [6.45, 7) is 4.48. The van der Waals surface area contributed by atoms with Crippen molar-refractivity contribution in [1.29, 1.82) is 0 Å². The molecule has 1 N–H and O–H groups in total. The highest BCUT2D eigenvalue weighted by Crippen LogP contribution is 2.43. The Morgan fingerprint density at radius 2 is 1.74 bits per heavy atom. The normalized spacial score (nSPS) is 17.9. The molecule has 6 heteroatoms. The highest BCUT2D eigenvalue weighted by molar-refractivity contribution is 7.10. The van der Waals surface area contributed by atoms with Crippen LogP contribution >= 0.6 is 11.3 Å². The van der Waals surface area contributed by atoms with E-state index in [2.05, 4.69) is 6.92 Å². The van der Waals surface area contributed by atoms with E-state index in [4.69, 9.17) is 4.74 Å². The van der Waals surface area contributed by atoms with E-state index >= 15 is 0 Å². The zero-order chi connectivity index (χ0) is 22.0. The lowest BCUT2D eigenvalue weighted by Crippen LogP contribution is -2.29. The number of hydrogen-bond donors (Lipinski definition) is 1. The van der Waals surface area contributed by atoms with Gasteiger partial charge >= 0.3 is 0 Å². The number of nitrogens with zero attached hydrogens (tertiary/aromatic N) is 1. The summed E-state index contributed by atoms with van der Waals surface area (Å²) < 4.78 is 5.45. The van der Waals surface area contributed by atoms with E-state index in [-0.39, 0.29) is 11.3 Å². The number of amides is 1. The number of carbonyl (C=O) groups is 2. The summed E-state index contributed by atoms with van der Waals surface area (Å²) >= 11 is 1.44. The SMILES string of the molecule is CCOc1ccc(/C(O)=C2/C(=O)C(=O)N(c3ccc(CC)cc3)C2c2cccs2)cc1. The number of aliphatic hydroxyl groups is 1. The molecule has 3 aromatic rings. The maximum Gasteiger partial charge on any atom is 0.300 e. The van der Waals surface area contributed by atoms with E-state index in [1.165, 1.54) is 16.2 Å². The standard InChI is InChI=1S/C25H23NO4S/c1-3-16-7-11-18(12-8-16)26-22(20-6-5-15-31-20)21(24(28)25(26)29)23(27)17-9-13-19(14-10-17)30-4-2/h5-15,22,27H,3-4H2,1-2H3/b23-21-. The number of benzene rings is 2. The van der Waals surface area contributed by atoms with Crippen molar-refractivity contribution in [2.75, 3.05) is 11.5 Å². The van der Waals surface area contributed by atoms with Gasteiger partial charge in [-0.05, 0) is 66.8 Å². The predicted octanol–water partition coefficient (Wildman–Crippen LogP) is 5.34. The molecular weight excluding hydrogens is 410 g/mol. The van der Waals surface area contributed by atoms with Gasteiger partial charge in [-0.1, -0.05) is 25.1 Å². The third-order valence-corrected chi connectivity index (χ3v) is 6.24. The van der Waals surface area contributed by atoms with E-state index < -0.39 is 17.7 Å². The van der Waals surface area contributed by atoms with Gasteiger partial charge in [0.15, 0.2) is 0 Å². The Labute approximate surface area is 185 Å². The molecule has 31 heavy (non-hydrogen) atoms. The summed E-state index contributed by atoms with van der Waals surface area (Å²) in [6.07, 6.45) is 0.880. The van der Waals surface area contributed by atoms with E-state index in [0.29, 0.717) is 23.6 Å². The van der Waals surface area contributed by atoms with Crippen LogP contribution in [-0.2, 0) is 16.0 Å². The Bertz CT molecular complexity index is 1120. The van der Waals surface area contributed by atoms with Gasteiger partial charge in [-0.3, -0.25) is 14.5 Å². The Morgan fingerprint density at radius 1 is 1.03 bits per heavy atom. The third kappa shape index (κ3) is 3.86. The van der Waals surface area contributed by atoms with Crippen LogP contribution in [-0.4, -0.2) is 23.4 Å². The van der Waals surface area contributed by atoms with Gasteiger partial charge in [0.1, 0.15) is 17.6 Å². The first kappa shape index (κ1) is 20.9. The average Bonchev–Trinajstić information content (AvgIpc) is 3.41. The minimum absolute atomic E-state index is 0.0937. The van der Waals surface area contributed by atoms with Crippen molar-refractivity contribution in [3.05, 3.63) is 87.6 Å². The Hall–Kier alpha value is -3.38. The van der Waals surface area contributed by atoms with Crippen molar-refractivity contribution >= 4 is 34.5 Å². The molecule has 0 aliphatic carbocycles. The Morgan fingerprint density at radius 3 is 2.32 bits per heavy atom. The minimum atomic E-state index is -0.690. The van der Waals surface area contributed by atoms with Crippen LogP contribution in [0, 0.1) is 0 Å². The Balaban J connectivity index is 1.83. The van der Waals surface area contributed by atoms with Gasteiger partial charge in [-0.15, -0.1) is 11.3 Å². The van der Waals surface area contributed by atoms with Crippen molar-refractivity contribution in [3.8, 4) is 5.75 Å². The molecule has 1 amide bonds. The average molecular weight is 434 g/mol. The predicted molar refractivity (Wildman–Crippen MR) is 123 cm³/mol. The van der Waals surface area contributed by atoms with Crippen LogP contribution < -0.4 is 9.64 Å². The molecule has 4 rings (SSSR count). The molecule has 5 nitrogen and oxygen atoms in total. The molecule has 1 saturated heterocycles. The van der Waals surface area contributed by atoms with E-state index in [0.717, 1.165) is 16.9 Å². The van der Waals surface area contributed by atoms with Gasteiger partial charge in [-0.2, -0.15) is 0 Å². The van der Waals surface area contributed by atoms with Gasteiger partial charge < -0.3 is 9.84 Å². The summed E-state index contributed by atoms with van der Waals surface area (Å²) in [4.78, 5) is 28.4. The number of ketones is 1. The van der Waals surface area contributed by atoms with Gasteiger partial charge in [-0.25, -0.2) is 0 Å². The van der Waals surface area contributed by atoms with E-state index in [1.807, 2.05) is 48.7 Å². The van der Waals surface area contributed by atoms with Crippen molar-refractivity contribution in [2.45, 2.75) is 26.3 Å². The molecule has 1 unspecified atom stereocenters. The zero-order valence-corrected chi connectivity index (χ0v) is 18.2. The second kappa shape index (κ2) is 8.78. The molecule has 2 aromatic carbocycles. The fourth-order valence-electron chi connectivity index (χ4n) is 3.74. The molecule has 158 valence electrons. The Kier molecular flexibility index (Phi) is 5.91. The minimum Gasteiger partial charge on any atom is -0.507 e. The lowest BCUT2D eigenvalue weighted by atomic mass is 9.99. The van der Waals surface area contributed by atoms with Crippen LogP contribution in [0.4, 0.5) is 5.69 Å². The molecule has 1 aliphatic heterocycles. The van der Waals surface area contributed by atoms with Crippen LogP contribution in [0.5, 0.6) is 5.75 Å². The van der Waals surface area contributed by atoms with Crippen LogP contribution in [0.2, 0.25) is 0 Å². The molecule has 1 aromatic heterocycles. The van der Waals surface area contributed by atoms with Crippen LogP contribution in [0.1, 0.15) is 35.9 Å². The highest BCUT2D eigenvalue weighted by Gasteiger charge is 2.47. The molecule has 0 bridgehead atoms. The molecule has 0 radical (unpaired) electrons.